The first kappa shape index (κ1) is 12.8. The van der Waals surface area contributed by atoms with E-state index in [-0.39, 0.29) is 5.91 Å². The first-order chi connectivity index (χ1) is 7.67. The second-order valence-corrected chi connectivity index (χ2v) is 3.87. The molecule has 0 heterocycles. The molecule has 0 aliphatic rings. The van der Waals surface area contributed by atoms with Crippen molar-refractivity contribution in [3.8, 4) is 0 Å². The summed E-state index contributed by atoms with van der Waals surface area (Å²) in [6, 6.07) is 7.35. The molecule has 0 aromatic heterocycles. The van der Waals surface area contributed by atoms with E-state index in [1.165, 1.54) is 0 Å². The van der Waals surface area contributed by atoms with E-state index in [1.54, 1.807) is 17.0 Å². The third kappa shape index (κ3) is 3.74. The minimum absolute atomic E-state index is 0.102. The van der Waals surface area contributed by atoms with Crippen molar-refractivity contribution in [2.75, 3.05) is 25.0 Å². The third-order valence-electron chi connectivity index (χ3n) is 2.38. The number of hydrogen-bond donors (Lipinski definition) is 1. The maximum Gasteiger partial charge on any atom is 0.241 e. The number of carbonyl (C=O) groups is 1. The zero-order chi connectivity index (χ0) is 12.0. The van der Waals surface area contributed by atoms with E-state index in [9.17, 15) is 4.79 Å². The smallest absolute Gasteiger partial charge is 0.241 e. The number of likely N-dealkylation sites (N-methyl/N-ethyl adjacent to an activating group) is 1. The number of carbonyl (C=O) groups excluding carboxylic acids is 1. The van der Waals surface area contributed by atoms with Gasteiger partial charge < -0.3 is 10.2 Å². The van der Waals surface area contributed by atoms with E-state index < -0.39 is 0 Å². The van der Waals surface area contributed by atoms with Gasteiger partial charge in [0.25, 0.3) is 0 Å². The molecule has 0 unspecified atom stereocenters. The van der Waals surface area contributed by atoms with Crippen molar-refractivity contribution in [3.05, 3.63) is 29.3 Å². The molecule has 4 heteroatoms. The van der Waals surface area contributed by atoms with Crippen LogP contribution in [0, 0.1) is 0 Å². The molecule has 88 valence electrons. The van der Waals surface area contributed by atoms with E-state index in [4.69, 9.17) is 11.6 Å². The summed E-state index contributed by atoms with van der Waals surface area (Å²) >= 11 is 5.84. The first-order valence-corrected chi connectivity index (χ1v) is 5.82. The Bertz CT molecular complexity index is 351. The molecule has 3 nitrogen and oxygen atoms in total. The fourth-order valence-corrected chi connectivity index (χ4v) is 1.65. The minimum atomic E-state index is 0.102. The normalized spacial score (nSPS) is 9.94. The fourth-order valence-electron chi connectivity index (χ4n) is 1.46. The standard InChI is InChI=1S/C12H17ClN2O/c1-3-15(4-2)12(16)9-14-11-7-5-6-10(13)8-11/h5-8,14H,3-4,9H2,1-2H3. The Morgan fingerprint density at radius 2 is 2.06 bits per heavy atom. The Morgan fingerprint density at radius 1 is 1.38 bits per heavy atom. The lowest BCUT2D eigenvalue weighted by atomic mass is 10.3. The van der Waals surface area contributed by atoms with Crippen LogP contribution < -0.4 is 5.32 Å². The summed E-state index contributed by atoms with van der Waals surface area (Å²) in [7, 11) is 0. The van der Waals surface area contributed by atoms with E-state index in [0.29, 0.717) is 11.6 Å². The van der Waals surface area contributed by atoms with Crippen LogP contribution in [0.3, 0.4) is 0 Å². The molecule has 0 spiro atoms. The van der Waals surface area contributed by atoms with Gasteiger partial charge >= 0.3 is 0 Å². The van der Waals surface area contributed by atoms with Crippen LogP contribution in [0.1, 0.15) is 13.8 Å². The second kappa shape index (κ2) is 6.38. The molecule has 1 N–H and O–H groups in total. The average molecular weight is 241 g/mol. The highest BCUT2D eigenvalue weighted by atomic mass is 35.5. The van der Waals surface area contributed by atoms with E-state index in [1.807, 2.05) is 26.0 Å². The molecule has 1 aromatic rings. The molecule has 1 rings (SSSR count). The molecular formula is C12H17ClN2O. The lowest BCUT2D eigenvalue weighted by Gasteiger charge is -2.19. The Balaban J connectivity index is 2.48. The first-order valence-electron chi connectivity index (χ1n) is 5.44. The summed E-state index contributed by atoms with van der Waals surface area (Å²) in [4.78, 5) is 13.5. The largest absolute Gasteiger partial charge is 0.376 e. The summed E-state index contributed by atoms with van der Waals surface area (Å²) in [6.45, 7) is 5.74. The van der Waals surface area contributed by atoms with Gasteiger partial charge in [-0.2, -0.15) is 0 Å². The lowest BCUT2D eigenvalue weighted by molar-refractivity contribution is -0.128. The van der Waals surface area contributed by atoms with Gasteiger partial charge in [0.1, 0.15) is 0 Å². The highest BCUT2D eigenvalue weighted by Gasteiger charge is 2.08. The predicted molar refractivity (Wildman–Crippen MR) is 67.9 cm³/mol. The Labute approximate surface area is 101 Å². The van der Waals surface area contributed by atoms with Crippen LogP contribution in [-0.4, -0.2) is 30.4 Å². The SMILES string of the molecule is CCN(CC)C(=O)CNc1cccc(Cl)c1. The molecule has 0 bridgehead atoms. The van der Waals surface area contributed by atoms with Crippen molar-refractivity contribution in [3.63, 3.8) is 0 Å². The number of nitrogens with one attached hydrogen (secondary N) is 1. The molecule has 0 aliphatic heterocycles. The van der Waals surface area contributed by atoms with Gasteiger partial charge in [-0.15, -0.1) is 0 Å². The summed E-state index contributed by atoms with van der Waals surface area (Å²) in [5.41, 5.74) is 0.869. The minimum Gasteiger partial charge on any atom is -0.376 e. The van der Waals surface area contributed by atoms with Gasteiger partial charge in [-0.3, -0.25) is 4.79 Å². The molecule has 16 heavy (non-hydrogen) atoms. The van der Waals surface area contributed by atoms with E-state index in [0.717, 1.165) is 18.8 Å². The summed E-state index contributed by atoms with van der Waals surface area (Å²) in [5.74, 6) is 0.102. The second-order valence-electron chi connectivity index (χ2n) is 3.43. The van der Waals surface area contributed by atoms with Crippen LogP contribution in [-0.2, 0) is 4.79 Å². The van der Waals surface area contributed by atoms with Crippen molar-refractivity contribution < 1.29 is 4.79 Å². The molecule has 0 aliphatic carbocycles. The Kier molecular flexibility index (Phi) is 5.12. The van der Waals surface area contributed by atoms with Gasteiger partial charge in [0.15, 0.2) is 0 Å². The van der Waals surface area contributed by atoms with Gasteiger partial charge in [0.2, 0.25) is 5.91 Å². The van der Waals surface area contributed by atoms with Crippen LogP contribution in [0.15, 0.2) is 24.3 Å². The Morgan fingerprint density at radius 3 is 2.62 bits per heavy atom. The quantitative estimate of drug-likeness (QED) is 0.858. The zero-order valence-corrected chi connectivity index (χ0v) is 10.4. The van der Waals surface area contributed by atoms with Gasteiger partial charge in [-0.05, 0) is 32.0 Å². The van der Waals surface area contributed by atoms with Crippen LogP contribution in [0.5, 0.6) is 0 Å². The number of anilines is 1. The summed E-state index contributed by atoms with van der Waals surface area (Å²) in [6.07, 6.45) is 0. The molecule has 1 amide bonds. The van der Waals surface area contributed by atoms with Crippen molar-refractivity contribution in [2.24, 2.45) is 0 Å². The van der Waals surface area contributed by atoms with E-state index in [2.05, 4.69) is 5.32 Å². The molecular weight excluding hydrogens is 224 g/mol. The van der Waals surface area contributed by atoms with Gasteiger partial charge in [-0.1, -0.05) is 17.7 Å². The summed E-state index contributed by atoms with van der Waals surface area (Å²) in [5, 5.41) is 3.73. The third-order valence-corrected chi connectivity index (χ3v) is 2.62. The van der Waals surface area contributed by atoms with Crippen molar-refractivity contribution in [2.45, 2.75) is 13.8 Å². The number of amides is 1. The molecule has 0 radical (unpaired) electrons. The maximum atomic E-state index is 11.7. The van der Waals surface area contributed by atoms with Crippen LogP contribution >= 0.6 is 11.6 Å². The monoisotopic (exact) mass is 240 g/mol. The van der Waals surface area contributed by atoms with E-state index >= 15 is 0 Å². The fraction of sp³-hybridized carbons (Fsp3) is 0.417. The number of rotatable bonds is 5. The molecule has 0 atom stereocenters. The lowest BCUT2D eigenvalue weighted by Crippen LogP contribution is -2.35. The maximum absolute atomic E-state index is 11.7. The number of halogens is 1. The van der Waals surface area contributed by atoms with Gasteiger partial charge in [0, 0.05) is 23.8 Å². The number of hydrogen-bond acceptors (Lipinski definition) is 2. The average Bonchev–Trinajstić information content (AvgIpc) is 2.28. The number of benzene rings is 1. The molecule has 1 aromatic carbocycles. The highest BCUT2D eigenvalue weighted by Crippen LogP contribution is 2.14. The number of nitrogens with zero attached hydrogens (tertiary/aromatic N) is 1. The van der Waals surface area contributed by atoms with Crippen LogP contribution in [0.25, 0.3) is 0 Å². The van der Waals surface area contributed by atoms with Gasteiger partial charge in [0.05, 0.1) is 6.54 Å². The summed E-state index contributed by atoms with van der Waals surface area (Å²) < 4.78 is 0. The molecule has 0 saturated heterocycles. The molecule has 0 saturated carbocycles. The Hall–Kier alpha value is -1.22. The molecule has 0 fully saturated rings. The van der Waals surface area contributed by atoms with Crippen molar-refractivity contribution in [1.29, 1.82) is 0 Å². The predicted octanol–water partition coefficient (Wildman–Crippen LogP) is 2.62. The highest BCUT2D eigenvalue weighted by molar-refractivity contribution is 6.30. The zero-order valence-electron chi connectivity index (χ0n) is 9.66. The van der Waals surface area contributed by atoms with Crippen LogP contribution in [0.2, 0.25) is 5.02 Å². The topological polar surface area (TPSA) is 32.3 Å². The van der Waals surface area contributed by atoms with Crippen molar-refractivity contribution in [1.82, 2.24) is 4.90 Å². The van der Waals surface area contributed by atoms with Crippen molar-refractivity contribution >= 4 is 23.2 Å². The van der Waals surface area contributed by atoms with Crippen LogP contribution in [0.4, 0.5) is 5.69 Å². The van der Waals surface area contributed by atoms with Gasteiger partial charge in [-0.25, -0.2) is 0 Å².